The highest BCUT2D eigenvalue weighted by molar-refractivity contribution is 7.21. The van der Waals surface area contributed by atoms with E-state index in [2.05, 4.69) is 16.8 Å². The second kappa shape index (κ2) is 7.69. The van der Waals surface area contributed by atoms with Crippen LogP contribution >= 0.6 is 11.3 Å². The summed E-state index contributed by atoms with van der Waals surface area (Å²) in [4.78, 5) is 32.9. The summed E-state index contributed by atoms with van der Waals surface area (Å²) in [6.45, 7) is 6.28. The molecule has 0 aromatic carbocycles. The van der Waals surface area contributed by atoms with Crippen LogP contribution in [0.4, 0.5) is 11.5 Å². The third-order valence-electron chi connectivity index (χ3n) is 4.79. The van der Waals surface area contributed by atoms with E-state index in [-0.39, 0.29) is 10.8 Å². The maximum atomic E-state index is 12.1. The predicted molar refractivity (Wildman–Crippen MR) is 107 cm³/mol. The zero-order valence-corrected chi connectivity index (χ0v) is 16.4. The molecule has 146 valence electrons. The van der Waals surface area contributed by atoms with Crippen molar-refractivity contribution in [3.63, 3.8) is 0 Å². The summed E-state index contributed by atoms with van der Waals surface area (Å²) in [7, 11) is 0. The van der Waals surface area contributed by atoms with Gasteiger partial charge in [0.25, 0.3) is 0 Å². The number of thiophene rings is 1. The number of aryl methyl sites for hydroxylation is 1. The largest absolute Gasteiger partial charge is 0.477 e. The summed E-state index contributed by atoms with van der Waals surface area (Å²) in [6, 6.07) is 1.51. The number of fused-ring (bicyclic) bond motifs is 1. The van der Waals surface area contributed by atoms with Gasteiger partial charge in [-0.15, -0.1) is 11.3 Å². The van der Waals surface area contributed by atoms with Crippen LogP contribution in [0.15, 0.2) is 6.07 Å². The van der Waals surface area contributed by atoms with Crippen LogP contribution in [0, 0.1) is 0 Å². The van der Waals surface area contributed by atoms with Crippen LogP contribution in [0.25, 0.3) is 10.2 Å². The van der Waals surface area contributed by atoms with E-state index in [4.69, 9.17) is 11.5 Å². The molecule has 1 aliphatic heterocycles. The first kappa shape index (κ1) is 19.4. The average Bonchev–Trinajstić information content (AvgIpc) is 2.98. The molecule has 1 aliphatic rings. The van der Waals surface area contributed by atoms with Gasteiger partial charge in [-0.05, 0) is 25.0 Å². The Labute approximate surface area is 161 Å². The molecule has 2 aromatic rings. The zero-order valence-electron chi connectivity index (χ0n) is 15.6. The number of aromatic carboxylic acids is 1. The first-order chi connectivity index (χ1) is 12.8. The minimum atomic E-state index is -1.03. The van der Waals surface area contributed by atoms with Gasteiger partial charge in [-0.1, -0.05) is 13.3 Å². The summed E-state index contributed by atoms with van der Waals surface area (Å²) < 4.78 is 0. The van der Waals surface area contributed by atoms with Gasteiger partial charge in [0.2, 0.25) is 5.91 Å². The molecule has 1 saturated heterocycles. The van der Waals surface area contributed by atoms with Crippen LogP contribution < -0.4 is 16.4 Å². The minimum Gasteiger partial charge on any atom is -0.477 e. The fourth-order valence-corrected chi connectivity index (χ4v) is 4.39. The number of carbonyl (C=O) groups is 2. The van der Waals surface area contributed by atoms with E-state index < -0.39 is 12.0 Å². The van der Waals surface area contributed by atoms with Gasteiger partial charge in [-0.2, -0.15) is 0 Å². The van der Waals surface area contributed by atoms with Crippen molar-refractivity contribution < 1.29 is 14.7 Å². The highest BCUT2D eigenvalue weighted by Crippen LogP contribution is 2.37. The van der Waals surface area contributed by atoms with Crippen LogP contribution in [0.3, 0.4) is 0 Å². The molecule has 27 heavy (non-hydrogen) atoms. The van der Waals surface area contributed by atoms with Crippen LogP contribution in [0.5, 0.6) is 0 Å². The highest BCUT2D eigenvalue weighted by Gasteiger charge is 2.25. The number of carboxylic acids is 1. The third-order valence-corrected chi connectivity index (χ3v) is 5.87. The van der Waals surface area contributed by atoms with Gasteiger partial charge in [0.15, 0.2) is 0 Å². The number of nitrogens with zero attached hydrogens (tertiary/aromatic N) is 3. The molecule has 1 fully saturated rings. The minimum absolute atomic E-state index is 0.0399. The summed E-state index contributed by atoms with van der Waals surface area (Å²) in [5, 5.41) is 10.1. The first-order valence-corrected chi connectivity index (χ1v) is 9.89. The number of rotatable bonds is 5. The van der Waals surface area contributed by atoms with Crippen molar-refractivity contribution in [3.8, 4) is 0 Å². The Bertz CT molecular complexity index is 871. The average molecular weight is 391 g/mol. The van der Waals surface area contributed by atoms with E-state index in [0.29, 0.717) is 36.7 Å². The van der Waals surface area contributed by atoms with Gasteiger partial charge in [0, 0.05) is 31.6 Å². The van der Waals surface area contributed by atoms with Gasteiger partial charge in [0.1, 0.15) is 15.5 Å². The van der Waals surface area contributed by atoms with E-state index in [1.165, 1.54) is 0 Å². The normalized spacial score (nSPS) is 16.0. The Morgan fingerprint density at radius 1 is 1.33 bits per heavy atom. The molecule has 3 heterocycles. The Kier molecular flexibility index (Phi) is 5.52. The molecule has 8 nitrogen and oxygen atoms in total. The topological polar surface area (TPSA) is 126 Å². The van der Waals surface area contributed by atoms with Crippen molar-refractivity contribution in [3.05, 3.63) is 16.5 Å². The number of pyridine rings is 1. The molecule has 0 unspecified atom stereocenters. The summed E-state index contributed by atoms with van der Waals surface area (Å²) in [5.74, 6) is -0.263. The molecule has 0 spiro atoms. The lowest BCUT2D eigenvalue weighted by Gasteiger charge is -2.36. The summed E-state index contributed by atoms with van der Waals surface area (Å²) in [5.41, 5.74) is 13.1. The number of piperazine rings is 1. The molecule has 3 rings (SSSR count). The van der Waals surface area contributed by atoms with Crippen LogP contribution in [-0.4, -0.2) is 59.1 Å². The Hall–Kier alpha value is -2.39. The SMILES string of the molecule is CCCc1cc(N2CCN(C(=O)[C@@H](C)N)CC2)nc2sc(C(=O)O)c(N)c12. The lowest BCUT2D eigenvalue weighted by atomic mass is 10.1. The lowest BCUT2D eigenvalue weighted by molar-refractivity contribution is -0.132. The third kappa shape index (κ3) is 3.70. The molecule has 0 radical (unpaired) electrons. The van der Waals surface area contributed by atoms with E-state index in [9.17, 15) is 14.7 Å². The molecule has 1 atom stereocenters. The summed E-state index contributed by atoms with van der Waals surface area (Å²) >= 11 is 1.12. The van der Waals surface area contributed by atoms with Crippen molar-refractivity contribution in [2.24, 2.45) is 5.73 Å². The number of hydrogen-bond acceptors (Lipinski definition) is 7. The van der Waals surface area contributed by atoms with Crippen molar-refractivity contribution in [1.29, 1.82) is 0 Å². The molecule has 1 amide bonds. The molecular weight excluding hydrogens is 366 g/mol. The number of nitrogens with two attached hydrogens (primary N) is 2. The first-order valence-electron chi connectivity index (χ1n) is 9.08. The van der Waals surface area contributed by atoms with Crippen LogP contribution in [0.2, 0.25) is 0 Å². The molecular formula is C18H25N5O3S. The monoisotopic (exact) mass is 391 g/mol. The van der Waals surface area contributed by atoms with Crippen LogP contribution in [0.1, 0.15) is 35.5 Å². The number of nitrogen functional groups attached to an aromatic ring is 1. The Balaban J connectivity index is 1.92. The van der Waals surface area contributed by atoms with Crippen molar-refractivity contribution >= 4 is 44.9 Å². The number of carboxylic acid groups (broad SMARTS) is 1. The quantitative estimate of drug-likeness (QED) is 0.705. The Morgan fingerprint density at radius 2 is 2.00 bits per heavy atom. The van der Waals surface area contributed by atoms with Gasteiger partial charge in [-0.25, -0.2) is 9.78 Å². The molecule has 0 aliphatic carbocycles. The standard InChI is InChI=1S/C18H25N5O3S/c1-3-4-11-9-12(21-16-13(11)14(20)15(27-16)18(25)26)22-5-7-23(8-6-22)17(24)10(2)19/h9-10H,3-8,19-20H2,1-2H3,(H,25,26)/t10-/m1/s1. The van der Waals surface area contributed by atoms with Crippen molar-refractivity contribution in [1.82, 2.24) is 9.88 Å². The molecule has 0 bridgehead atoms. The fourth-order valence-electron chi connectivity index (χ4n) is 3.42. The molecule has 9 heteroatoms. The van der Waals surface area contributed by atoms with Crippen molar-refractivity contribution in [2.45, 2.75) is 32.7 Å². The van der Waals surface area contributed by atoms with Gasteiger partial charge in [0.05, 0.1) is 11.7 Å². The van der Waals surface area contributed by atoms with E-state index in [1.807, 2.05) is 6.07 Å². The second-order valence-electron chi connectivity index (χ2n) is 6.82. The Morgan fingerprint density at radius 3 is 2.56 bits per heavy atom. The maximum absolute atomic E-state index is 12.1. The predicted octanol–water partition coefficient (Wildman–Crippen LogP) is 1.52. The van der Waals surface area contributed by atoms with E-state index in [1.54, 1.807) is 11.8 Å². The van der Waals surface area contributed by atoms with Crippen molar-refractivity contribution in [2.75, 3.05) is 36.8 Å². The van der Waals surface area contributed by atoms with E-state index >= 15 is 0 Å². The zero-order chi connectivity index (χ0) is 19.7. The number of anilines is 2. The summed E-state index contributed by atoms with van der Waals surface area (Å²) in [6.07, 6.45) is 1.72. The molecule has 0 saturated carbocycles. The number of hydrogen-bond donors (Lipinski definition) is 3. The number of amides is 1. The van der Waals surface area contributed by atoms with Gasteiger partial charge in [-0.3, -0.25) is 4.79 Å². The fraction of sp³-hybridized carbons (Fsp3) is 0.500. The van der Waals surface area contributed by atoms with E-state index in [0.717, 1.165) is 40.9 Å². The molecule has 2 aromatic heterocycles. The smallest absolute Gasteiger partial charge is 0.348 e. The highest BCUT2D eigenvalue weighted by atomic mass is 32.1. The van der Waals surface area contributed by atoms with Gasteiger partial charge < -0.3 is 26.4 Å². The van der Waals surface area contributed by atoms with Gasteiger partial charge >= 0.3 is 5.97 Å². The van der Waals surface area contributed by atoms with Crippen LogP contribution in [-0.2, 0) is 11.2 Å². The number of aromatic nitrogens is 1. The number of carbonyl (C=O) groups excluding carboxylic acids is 1. The maximum Gasteiger partial charge on any atom is 0.348 e. The lowest BCUT2D eigenvalue weighted by Crippen LogP contribution is -2.52. The second-order valence-corrected chi connectivity index (χ2v) is 7.82. The molecule has 5 N–H and O–H groups in total.